The lowest BCUT2D eigenvalue weighted by Crippen LogP contribution is -2.40. The number of aliphatic carboxylic acids is 1. The van der Waals surface area contributed by atoms with E-state index in [1.807, 2.05) is 13.8 Å². The number of carboxylic acid groups (broad SMARTS) is 1. The van der Waals surface area contributed by atoms with Gasteiger partial charge in [-0.1, -0.05) is 25.4 Å². The molecule has 1 atom stereocenters. The van der Waals surface area contributed by atoms with Crippen molar-refractivity contribution in [2.45, 2.75) is 20.3 Å². The summed E-state index contributed by atoms with van der Waals surface area (Å²) in [6, 6.07) is 6.80. The van der Waals surface area contributed by atoms with Crippen molar-refractivity contribution in [3.05, 3.63) is 35.0 Å². The number of halogens is 1. The summed E-state index contributed by atoms with van der Waals surface area (Å²) in [6.07, 6.45) is 0.456. The van der Waals surface area contributed by atoms with Gasteiger partial charge in [0.2, 0.25) is 0 Å². The second-order valence-electron chi connectivity index (χ2n) is 6.39. The maximum absolute atomic E-state index is 12.6. The third-order valence-electron chi connectivity index (χ3n) is 4.81. The Labute approximate surface area is 138 Å². The van der Waals surface area contributed by atoms with Crippen LogP contribution < -0.4 is 0 Å². The van der Waals surface area contributed by atoms with E-state index in [0.717, 1.165) is 5.39 Å². The number of nitrogens with zero attached hydrogens (tertiary/aromatic N) is 1. The predicted molar refractivity (Wildman–Crippen MR) is 86.7 cm³/mol. The number of amides is 1. The smallest absolute Gasteiger partial charge is 0.311 e. The number of furan rings is 1. The van der Waals surface area contributed by atoms with Gasteiger partial charge in [0.1, 0.15) is 5.58 Å². The van der Waals surface area contributed by atoms with Crippen LogP contribution in [0.4, 0.5) is 0 Å². The van der Waals surface area contributed by atoms with Crippen LogP contribution in [0.3, 0.4) is 0 Å². The van der Waals surface area contributed by atoms with E-state index < -0.39 is 11.4 Å². The first-order chi connectivity index (χ1) is 10.8. The van der Waals surface area contributed by atoms with Gasteiger partial charge in [-0.15, -0.1) is 0 Å². The first kappa shape index (κ1) is 15.9. The Hall–Kier alpha value is -2.01. The molecule has 23 heavy (non-hydrogen) atoms. The molecule has 0 bridgehead atoms. The first-order valence-electron chi connectivity index (χ1n) is 7.55. The Morgan fingerprint density at radius 1 is 1.35 bits per heavy atom. The van der Waals surface area contributed by atoms with Crippen molar-refractivity contribution in [1.82, 2.24) is 4.90 Å². The molecular weight excluding hydrogens is 318 g/mol. The zero-order chi connectivity index (χ0) is 16.8. The standard InChI is InChI=1S/C17H18ClNO4/c1-10(2)17(16(21)22)5-6-19(9-17)15(20)14-8-11-7-12(18)3-4-13(11)23-14/h3-4,7-8,10H,5-6,9H2,1-2H3,(H,21,22). The molecule has 0 radical (unpaired) electrons. The van der Waals surface area contributed by atoms with Crippen molar-refractivity contribution in [3.63, 3.8) is 0 Å². The Balaban J connectivity index is 1.87. The minimum absolute atomic E-state index is 0.0488. The number of rotatable bonds is 3. The van der Waals surface area contributed by atoms with Crippen LogP contribution in [0.1, 0.15) is 30.8 Å². The number of benzene rings is 1. The highest BCUT2D eigenvalue weighted by Crippen LogP contribution is 2.39. The van der Waals surface area contributed by atoms with E-state index in [9.17, 15) is 14.7 Å². The fourth-order valence-electron chi connectivity index (χ4n) is 3.17. The van der Waals surface area contributed by atoms with Gasteiger partial charge in [-0.2, -0.15) is 0 Å². The Morgan fingerprint density at radius 2 is 2.09 bits per heavy atom. The average Bonchev–Trinajstić information content (AvgIpc) is 3.10. The average molecular weight is 336 g/mol. The van der Waals surface area contributed by atoms with E-state index in [1.165, 1.54) is 0 Å². The van der Waals surface area contributed by atoms with Gasteiger partial charge in [0.15, 0.2) is 5.76 Å². The molecule has 1 aliphatic heterocycles. The van der Waals surface area contributed by atoms with Gasteiger partial charge in [0.05, 0.1) is 5.41 Å². The zero-order valence-corrected chi connectivity index (χ0v) is 13.8. The fraction of sp³-hybridized carbons (Fsp3) is 0.412. The molecule has 2 aromatic rings. The summed E-state index contributed by atoms with van der Waals surface area (Å²) in [4.78, 5) is 25.9. The molecule has 122 valence electrons. The van der Waals surface area contributed by atoms with E-state index in [2.05, 4.69) is 0 Å². The fourth-order valence-corrected chi connectivity index (χ4v) is 3.36. The number of fused-ring (bicyclic) bond motifs is 1. The normalized spacial score (nSPS) is 21.3. The largest absolute Gasteiger partial charge is 0.481 e. The van der Waals surface area contributed by atoms with Crippen LogP contribution in [0.15, 0.2) is 28.7 Å². The molecule has 3 rings (SSSR count). The highest BCUT2D eigenvalue weighted by atomic mass is 35.5. The SMILES string of the molecule is CC(C)C1(C(=O)O)CCN(C(=O)c2cc3cc(Cl)ccc3o2)C1. The molecular formula is C17H18ClNO4. The number of carbonyl (C=O) groups excluding carboxylic acids is 1. The van der Waals surface area contributed by atoms with E-state index in [1.54, 1.807) is 29.2 Å². The number of carbonyl (C=O) groups is 2. The lowest BCUT2D eigenvalue weighted by Gasteiger charge is -2.28. The second kappa shape index (κ2) is 5.57. The molecule has 0 spiro atoms. The monoisotopic (exact) mass is 335 g/mol. The van der Waals surface area contributed by atoms with E-state index in [4.69, 9.17) is 16.0 Å². The van der Waals surface area contributed by atoms with Crippen molar-refractivity contribution in [2.75, 3.05) is 13.1 Å². The zero-order valence-electron chi connectivity index (χ0n) is 13.0. The minimum atomic E-state index is -0.884. The summed E-state index contributed by atoms with van der Waals surface area (Å²) in [5.41, 5.74) is -0.296. The van der Waals surface area contributed by atoms with Crippen LogP contribution in [0.25, 0.3) is 11.0 Å². The number of carboxylic acids is 1. The van der Waals surface area contributed by atoms with Crippen LogP contribution in [-0.2, 0) is 4.79 Å². The van der Waals surface area contributed by atoms with E-state index in [-0.39, 0.29) is 24.1 Å². The molecule has 1 aromatic carbocycles. The summed E-state index contributed by atoms with van der Waals surface area (Å²) >= 11 is 5.94. The van der Waals surface area contributed by atoms with Crippen molar-refractivity contribution in [2.24, 2.45) is 11.3 Å². The third-order valence-corrected chi connectivity index (χ3v) is 5.04. The lowest BCUT2D eigenvalue weighted by molar-refractivity contribution is -0.150. The maximum Gasteiger partial charge on any atom is 0.311 e. The van der Waals surface area contributed by atoms with Crippen molar-refractivity contribution < 1.29 is 19.1 Å². The Bertz CT molecular complexity index is 782. The van der Waals surface area contributed by atoms with Gasteiger partial charge in [0, 0.05) is 23.5 Å². The quantitative estimate of drug-likeness (QED) is 0.929. The third kappa shape index (κ3) is 2.59. The molecule has 1 fully saturated rings. The van der Waals surface area contributed by atoms with Crippen molar-refractivity contribution in [1.29, 1.82) is 0 Å². The summed E-state index contributed by atoms with van der Waals surface area (Å²) < 4.78 is 5.59. The van der Waals surface area contributed by atoms with Gasteiger partial charge < -0.3 is 14.4 Å². The highest BCUT2D eigenvalue weighted by Gasteiger charge is 2.48. The molecule has 2 heterocycles. The number of hydrogen-bond donors (Lipinski definition) is 1. The van der Waals surface area contributed by atoms with E-state index >= 15 is 0 Å². The van der Waals surface area contributed by atoms with Crippen LogP contribution in [0.2, 0.25) is 5.02 Å². The van der Waals surface area contributed by atoms with Crippen molar-refractivity contribution in [3.8, 4) is 0 Å². The highest BCUT2D eigenvalue weighted by molar-refractivity contribution is 6.31. The molecule has 1 amide bonds. The van der Waals surface area contributed by atoms with Gasteiger partial charge in [-0.25, -0.2) is 0 Å². The number of hydrogen-bond acceptors (Lipinski definition) is 3. The summed E-state index contributed by atoms with van der Waals surface area (Å²) in [5, 5.41) is 10.9. The van der Waals surface area contributed by atoms with Gasteiger partial charge in [-0.3, -0.25) is 9.59 Å². The van der Waals surface area contributed by atoms with Gasteiger partial charge in [0.25, 0.3) is 5.91 Å². The van der Waals surface area contributed by atoms with Crippen LogP contribution in [0, 0.1) is 11.3 Å². The molecule has 1 saturated heterocycles. The van der Waals surface area contributed by atoms with Gasteiger partial charge >= 0.3 is 5.97 Å². The molecule has 1 aliphatic rings. The molecule has 1 unspecified atom stereocenters. The summed E-state index contributed by atoms with van der Waals surface area (Å²) in [7, 11) is 0. The maximum atomic E-state index is 12.6. The predicted octanol–water partition coefficient (Wildman–Crippen LogP) is 3.66. The topological polar surface area (TPSA) is 70.8 Å². The van der Waals surface area contributed by atoms with Gasteiger partial charge in [-0.05, 0) is 36.6 Å². The van der Waals surface area contributed by atoms with Crippen LogP contribution >= 0.6 is 11.6 Å². The molecule has 6 heteroatoms. The van der Waals surface area contributed by atoms with Crippen LogP contribution in [-0.4, -0.2) is 35.0 Å². The van der Waals surface area contributed by atoms with Crippen molar-refractivity contribution >= 4 is 34.4 Å². The van der Waals surface area contributed by atoms with E-state index in [0.29, 0.717) is 23.6 Å². The summed E-state index contributed by atoms with van der Waals surface area (Å²) in [6.45, 7) is 4.38. The minimum Gasteiger partial charge on any atom is -0.481 e. The number of likely N-dealkylation sites (tertiary alicyclic amines) is 1. The molecule has 1 aromatic heterocycles. The summed E-state index contributed by atoms with van der Waals surface area (Å²) in [5.74, 6) is -0.959. The molecule has 0 aliphatic carbocycles. The van der Waals surface area contributed by atoms with Crippen LogP contribution in [0.5, 0.6) is 0 Å². The molecule has 1 N–H and O–H groups in total. The first-order valence-corrected chi connectivity index (χ1v) is 7.93. The lowest BCUT2D eigenvalue weighted by atomic mass is 9.76. The second-order valence-corrected chi connectivity index (χ2v) is 6.82. The molecule has 5 nitrogen and oxygen atoms in total. The Kier molecular flexibility index (Phi) is 3.84. The molecule has 0 saturated carbocycles. The Morgan fingerprint density at radius 3 is 2.70 bits per heavy atom.